The summed E-state index contributed by atoms with van der Waals surface area (Å²) in [6.45, 7) is 6.90. The Labute approximate surface area is 118 Å². The quantitative estimate of drug-likeness (QED) is 0.823. The van der Waals surface area contributed by atoms with Gasteiger partial charge in [-0.1, -0.05) is 19.8 Å². The van der Waals surface area contributed by atoms with Crippen molar-refractivity contribution < 1.29 is 5.11 Å². The van der Waals surface area contributed by atoms with E-state index < -0.39 is 0 Å². The summed E-state index contributed by atoms with van der Waals surface area (Å²) in [6.07, 6.45) is 5.96. The third-order valence-corrected chi connectivity index (χ3v) is 4.52. The fourth-order valence-electron chi connectivity index (χ4n) is 3.52. The lowest BCUT2D eigenvalue weighted by molar-refractivity contribution is 0.0447. The summed E-state index contributed by atoms with van der Waals surface area (Å²) in [5.74, 6) is 0.506. The van der Waals surface area contributed by atoms with Gasteiger partial charge in [-0.05, 0) is 44.2 Å². The van der Waals surface area contributed by atoms with Crippen molar-refractivity contribution in [3.05, 3.63) is 0 Å². The zero-order valence-corrected chi connectivity index (χ0v) is 12.6. The molecule has 4 heteroatoms. The van der Waals surface area contributed by atoms with Gasteiger partial charge in [0.1, 0.15) is 0 Å². The van der Waals surface area contributed by atoms with E-state index in [4.69, 9.17) is 0 Å². The van der Waals surface area contributed by atoms with E-state index in [9.17, 15) is 5.11 Å². The van der Waals surface area contributed by atoms with Crippen LogP contribution in [0.2, 0.25) is 0 Å². The lowest BCUT2D eigenvalue weighted by Crippen LogP contribution is -2.40. The average Bonchev–Trinajstić information content (AvgIpc) is 2.68. The fraction of sp³-hybridized carbons (Fsp3) is 1.00. The summed E-state index contributed by atoms with van der Waals surface area (Å²) < 4.78 is 0. The second kappa shape index (κ2) is 7.09. The Morgan fingerprint density at radius 2 is 2.06 bits per heavy atom. The van der Waals surface area contributed by atoms with Crippen LogP contribution in [0.25, 0.3) is 0 Å². The number of rotatable bonds is 4. The lowest BCUT2D eigenvalue weighted by atomic mass is 9.85. The molecule has 0 aromatic heterocycles. The number of hydrogen-bond donors (Lipinski definition) is 2. The van der Waals surface area contributed by atoms with Gasteiger partial charge in [0, 0.05) is 19.6 Å². The average molecular weight is 277 g/mol. The van der Waals surface area contributed by atoms with Gasteiger partial charge in [0.25, 0.3) is 0 Å². The molecule has 0 spiro atoms. The minimum Gasteiger partial charge on any atom is -0.393 e. The molecule has 0 aromatic carbocycles. The first-order chi connectivity index (χ1) is 8.09. The third-order valence-electron chi connectivity index (χ3n) is 4.52. The monoisotopic (exact) mass is 276 g/mol. The molecule has 1 aliphatic heterocycles. The molecule has 1 saturated heterocycles. The molecule has 2 aliphatic rings. The van der Waals surface area contributed by atoms with Crippen molar-refractivity contribution in [2.24, 2.45) is 11.3 Å². The van der Waals surface area contributed by atoms with Crippen LogP contribution in [0.3, 0.4) is 0 Å². The number of halogens is 1. The van der Waals surface area contributed by atoms with Gasteiger partial charge in [-0.15, -0.1) is 12.4 Å². The smallest absolute Gasteiger partial charge is 0.0580 e. The van der Waals surface area contributed by atoms with Crippen LogP contribution in [0.4, 0.5) is 0 Å². The topological polar surface area (TPSA) is 35.5 Å². The molecule has 3 nitrogen and oxygen atoms in total. The van der Waals surface area contributed by atoms with Gasteiger partial charge in [0.05, 0.1) is 6.10 Å². The second-order valence-corrected chi connectivity index (χ2v) is 6.55. The Morgan fingerprint density at radius 3 is 2.67 bits per heavy atom. The molecule has 0 bridgehead atoms. The van der Waals surface area contributed by atoms with Crippen molar-refractivity contribution in [3.63, 3.8) is 0 Å². The van der Waals surface area contributed by atoms with Gasteiger partial charge < -0.3 is 15.3 Å². The minimum absolute atomic E-state index is 0. The molecule has 3 unspecified atom stereocenters. The molecule has 1 saturated carbocycles. The van der Waals surface area contributed by atoms with Crippen LogP contribution >= 0.6 is 12.4 Å². The minimum atomic E-state index is -0.0549. The molecular formula is C14H29ClN2O. The van der Waals surface area contributed by atoms with Gasteiger partial charge >= 0.3 is 0 Å². The van der Waals surface area contributed by atoms with Crippen LogP contribution in [-0.2, 0) is 0 Å². The van der Waals surface area contributed by atoms with E-state index in [1.54, 1.807) is 0 Å². The maximum atomic E-state index is 10.0. The number of nitrogens with one attached hydrogen (secondary N) is 1. The summed E-state index contributed by atoms with van der Waals surface area (Å²) in [5, 5.41) is 13.5. The molecule has 2 N–H and O–H groups in total. The van der Waals surface area contributed by atoms with E-state index in [0.717, 1.165) is 32.6 Å². The first-order valence-corrected chi connectivity index (χ1v) is 7.16. The van der Waals surface area contributed by atoms with Crippen molar-refractivity contribution in [3.8, 4) is 0 Å². The van der Waals surface area contributed by atoms with E-state index in [-0.39, 0.29) is 18.5 Å². The Hall–Kier alpha value is 0.170. The van der Waals surface area contributed by atoms with E-state index in [2.05, 4.69) is 24.2 Å². The summed E-state index contributed by atoms with van der Waals surface area (Å²) >= 11 is 0. The van der Waals surface area contributed by atoms with Crippen molar-refractivity contribution in [2.75, 3.05) is 33.2 Å². The van der Waals surface area contributed by atoms with Crippen LogP contribution in [0, 0.1) is 11.3 Å². The molecule has 18 heavy (non-hydrogen) atoms. The van der Waals surface area contributed by atoms with Crippen LogP contribution in [-0.4, -0.2) is 49.3 Å². The highest BCUT2D eigenvalue weighted by Gasteiger charge is 2.31. The van der Waals surface area contributed by atoms with Gasteiger partial charge in [-0.3, -0.25) is 0 Å². The Kier molecular flexibility index (Phi) is 6.39. The van der Waals surface area contributed by atoms with Crippen molar-refractivity contribution in [2.45, 2.75) is 45.1 Å². The maximum absolute atomic E-state index is 10.0. The van der Waals surface area contributed by atoms with E-state index in [0.29, 0.717) is 11.3 Å². The Bertz CT molecular complexity index is 244. The van der Waals surface area contributed by atoms with Crippen LogP contribution < -0.4 is 5.32 Å². The third kappa shape index (κ3) is 4.37. The predicted molar refractivity (Wildman–Crippen MR) is 78.3 cm³/mol. The molecule has 3 atom stereocenters. The van der Waals surface area contributed by atoms with Crippen LogP contribution in [0.15, 0.2) is 0 Å². The number of aliphatic hydroxyl groups excluding tert-OH is 1. The van der Waals surface area contributed by atoms with Gasteiger partial charge in [0.15, 0.2) is 0 Å². The Balaban J connectivity index is 0.00000162. The molecule has 2 fully saturated rings. The largest absolute Gasteiger partial charge is 0.393 e. The van der Waals surface area contributed by atoms with E-state index >= 15 is 0 Å². The molecule has 0 amide bonds. The van der Waals surface area contributed by atoms with E-state index in [1.165, 1.54) is 25.7 Å². The molecular weight excluding hydrogens is 248 g/mol. The number of nitrogens with zero attached hydrogens (tertiary/aromatic N) is 1. The molecule has 2 rings (SSSR count). The maximum Gasteiger partial charge on any atom is 0.0580 e. The zero-order chi connectivity index (χ0) is 12.3. The summed E-state index contributed by atoms with van der Waals surface area (Å²) in [4.78, 5) is 2.44. The standard InChI is InChI=1S/C14H28N2O.ClH/c1-14(7-8-15-10-14)11-16(2)9-12-5-3-4-6-13(12)17;/h12-13,15,17H,3-11H2,1-2H3;1H. The molecule has 108 valence electrons. The fourth-order valence-corrected chi connectivity index (χ4v) is 3.52. The summed E-state index contributed by atoms with van der Waals surface area (Å²) in [5.41, 5.74) is 0.439. The zero-order valence-electron chi connectivity index (χ0n) is 11.8. The highest BCUT2D eigenvalue weighted by atomic mass is 35.5. The molecule has 1 heterocycles. The van der Waals surface area contributed by atoms with Gasteiger partial charge in [0.2, 0.25) is 0 Å². The number of aliphatic hydroxyl groups is 1. The first kappa shape index (κ1) is 16.2. The van der Waals surface area contributed by atoms with E-state index in [1.807, 2.05) is 0 Å². The predicted octanol–water partition coefficient (Wildman–Crippen LogP) is 1.89. The van der Waals surface area contributed by atoms with Crippen LogP contribution in [0.5, 0.6) is 0 Å². The highest BCUT2D eigenvalue weighted by Crippen LogP contribution is 2.28. The lowest BCUT2D eigenvalue weighted by Gasteiger charge is -2.35. The Morgan fingerprint density at radius 1 is 1.33 bits per heavy atom. The summed E-state index contributed by atoms with van der Waals surface area (Å²) in [6, 6.07) is 0. The molecule has 1 aliphatic carbocycles. The molecule has 0 aromatic rings. The number of hydrogen-bond acceptors (Lipinski definition) is 3. The van der Waals surface area contributed by atoms with Crippen LogP contribution in [0.1, 0.15) is 39.0 Å². The van der Waals surface area contributed by atoms with Gasteiger partial charge in [-0.25, -0.2) is 0 Å². The molecule has 0 radical (unpaired) electrons. The second-order valence-electron chi connectivity index (χ2n) is 6.55. The normalized spacial score (nSPS) is 36.7. The SMILES string of the molecule is CN(CC1CCCCC1O)CC1(C)CCNC1.Cl. The summed E-state index contributed by atoms with van der Waals surface area (Å²) in [7, 11) is 2.21. The first-order valence-electron chi connectivity index (χ1n) is 7.16. The highest BCUT2D eigenvalue weighted by molar-refractivity contribution is 5.85. The van der Waals surface area contributed by atoms with Gasteiger partial charge in [-0.2, -0.15) is 0 Å². The van der Waals surface area contributed by atoms with Crippen molar-refractivity contribution >= 4 is 12.4 Å². The van der Waals surface area contributed by atoms with Crippen molar-refractivity contribution in [1.29, 1.82) is 0 Å². The van der Waals surface area contributed by atoms with Crippen molar-refractivity contribution in [1.82, 2.24) is 10.2 Å².